The van der Waals surface area contributed by atoms with Crippen molar-refractivity contribution in [2.24, 2.45) is 0 Å². The molecule has 0 radical (unpaired) electrons. The molecule has 2 rings (SSSR count). The van der Waals surface area contributed by atoms with E-state index in [0.717, 1.165) is 24.4 Å². The highest BCUT2D eigenvalue weighted by molar-refractivity contribution is 5.15. The first-order chi connectivity index (χ1) is 5.25. The van der Waals surface area contributed by atoms with Crippen molar-refractivity contribution in [3.05, 3.63) is 21.9 Å². The van der Waals surface area contributed by atoms with Gasteiger partial charge in [-0.3, -0.25) is 0 Å². The van der Waals surface area contributed by atoms with Crippen molar-refractivity contribution in [1.82, 2.24) is 15.3 Å². The van der Waals surface area contributed by atoms with Crippen LogP contribution in [0.2, 0.25) is 0 Å². The molecule has 3 N–H and O–H groups in total. The molecule has 0 bridgehead atoms. The molecule has 1 unspecified atom stereocenters. The van der Waals surface area contributed by atoms with Gasteiger partial charge in [-0.25, -0.2) is 4.79 Å². The molecule has 60 valence electrons. The highest BCUT2D eigenvalue weighted by Crippen LogP contribution is 2.09. The lowest BCUT2D eigenvalue weighted by Gasteiger charge is -2.18. The summed E-state index contributed by atoms with van der Waals surface area (Å²) in [4.78, 5) is 16.3. The van der Waals surface area contributed by atoms with Crippen LogP contribution in [-0.4, -0.2) is 16.0 Å². The molecule has 1 aliphatic rings. The molecule has 11 heavy (non-hydrogen) atoms. The Hall–Kier alpha value is -1.03. The first kappa shape index (κ1) is 6.67. The summed E-state index contributed by atoms with van der Waals surface area (Å²) >= 11 is 0. The van der Waals surface area contributed by atoms with E-state index in [9.17, 15) is 4.79 Å². The van der Waals surface area contributed by atoms with E-state index in [0.29, 0.717) is 6.04 Å². The van der Waals surface area contributed by atoms with Crippen molar-refractivity contribution < 1.29 is 0 Å². The molecule has 0 aliphatic carbocycles. The molecule has 0 saturated carbocycles. The SMILES string of the molecule is CC1Cc2[nH]c(=O)[nH]c2CN1. The molecule has 4 heteroatoms. The Bertz CT molecular complexity index is 312. The van der Waals surface area contributed by atoms with Crippen LogP contribution in [0.5, 0.6) is 0 Å². The van der Waals surface area contributed by atoms with E-state index >= 15 is 0 Å². The van der Waals surface area contributed by atoms with E-state index < -0.39 is 0 Å². The molecule has 0 fully saturated rings. The Morgan fingerprint density at radius 1 is 1.36 bits per heavy atom. The minimum absolute atomic E-state index is 0.0918. The molecular formula is C7H11N3O. The van der Waals surface area contributed by atoms with Gasteiger partial charge in [0.25, 0.3) is 0 Å². The second-order valence-corrected chi connectivity index (χ2v) is 3.02. The van der Waals surface area contributed by atoms with Gasteiger partial charge in [-0.1, -0.05) is 0 Å². The Morgan fingerprint density at radius 3 is 2.91 bits per heavy atom. The lowest BCUT2D eigenvalue weighted by atomic mass is 10.1. The van der Waals surface area contributed by atoms with Gasteiger partial charge in [-0.15, -0.1) is 0 Å². The van der Waals surface area contributed by atoms with E-state index in [2.05, 4.69) is 22.2 Å². The Morgan fingerprint density at radius 2 is 2.09 bits per heavy atom. The summed E-state index contributed by atoms with van der Waals surface area (Å²) in [6, 6.07) is 0.467. The maximum Gasteiger partial charge on any atom is 0.323 e. The second kappa shape index (κ2) is 2.23. The quantitative estimate of drug-likeness (QED) is 0.481. The summed E-state index contributed by atoms with van der Waals surface area (Å²) in [5.74, 6) is 0. The zero-order valence-corrected chi connectivity index (χ0v) is 6.40. The summed E-state index contributed by atoms with van der Waals surface area (Å²) in [6.45, 7) is 2.88. The van der Waals surface area contributed by atoms with Crippen LogP contribution >= 0.6 is 0 Å². The molecule has 1 aliphatic heterocycles. The molecule has 1 atom stereocenters. The van der Waals surface area contributed by atoms with E-state index in [1.165, 1.54) is 0 Å². The number of fused-ring (bicyclic) bond motifs is 1. The fourth-order valence-electron chi connectivity index (χ4n) is 1.44. The van der Waals surface area contributed by atoms with Gasteiger partial charge in [0, 0.05) is 24.7 Å². The smallest absolute Gasteiger partial charge is 0.310 e. The average molecular weight is 153 g/mol. The molecule has 0 amide bonds. The Labute approximate surface area is 64.0 Å². The third kappa shape index (κ3) is 1.09. The predicted octanol–water partition coefficient (Wildman–Crippen LogP) is -0.263. The average Bonchev–Trinajstić information content (AvgIpc) is 2.27. The second-order valence-electron chi connectivity index (χ2n) is 3.02. The number of rotatable bonds is 0. The summed E-state index contributed by atoms with van der Waals surface area (Å²) in [5.41, 5.74) is 1.97. The lowest BCUT2D eigenvalue weighted by Crippen LogP contribution is -2.32. The highest BCUT2D eigenvalue weighted by atomic mass is 16.1. The van der Waals surface area contributed by atoms with Gasteiger partial charge in [0.05, 0.1) is 5.69 Å². The van der Waals surface area contributed by atoms with Gasteiger partial charge in [-0.05, 0) is 6.92 Å². The minimum Gasteiger partial charge on any atom is -0.310 e. The first-order valence-corrected chi connectivity index (χ1v) is 3.79. The van der Waals surface area contributed by atoms with Gasteiger partial charge >= 0.3 is 5.69 Å². The van der Waals surface area contributed by atoms with Crippen LogP contribution in [0.1, 0.15) is 18.3 Å². The summed E-state index contributed by atoms with van der Waals surface area (Å²) in [7, 11) is 0. The predicted molar refractivity (Wildman–Crippen MR) is 41.4 cm³/mol. The number of aromatic amines is 2. The van der Waals surface area contributed by atoms with Crippen LogP contribution < -0.4 is 11.0 Å². The van der Waals surface area contributed by atoms with Crippen molar-refractivity contribution in [2.75, 3.05) is 0 Å². The molecule has 0 saturated heterocycles. The number of aromatic nitrogens is 2. The number of nitrogens with one attached hydrogen (secondary N) is 3. The van der Waals surface area contributed by atoms with E-state index in [1.807, 2.05) is 0 Å². The van der Waals surface area contributed by atoms with Crippen molar-refractivity contribution >= 4 is 0 Å². The molecule has 4 nitrogen and oxygen atoms in total. The Kier molecular flexibility index (Phi) is 1.35. The zero-order valence-electron chi connectivity index (χ0n) is 6.40. The van der Waals surface area contributed by atoms with Crippen molar-refractivity contribution in [3.63, 3.8) is 0 Å². The number of H-pyrrole nitrogens is 2. The van der Waals surface area contributed by atoms with E-state index in [4.69, 9.17) is 0 Å². The van der Waals surface area contributed by atoms with Crippen LogP contribution in [0.4, 0.5) is 0 Å². The van der Waals surface area contributed by atoms with Gasteiger partial charge in [0.2, 0.25) is 0 Å². The third-order valence-corrected chi connectivity index (χ3v) is 2.03. The monoisotopic (exact) mass is 153 g/mol. The van der Waals surface area contributed by atoms with Crippen LogP contribution in [-0.2, 0) is 13.0 Å². The summed E-state index contributed by atoms with van der Waals surface area (Å²) in [5, 5.41) is 3.26. The molecule has 1 aromatic heterocycles. The highest BCUT2D eigenvalue weighted by Gasteiger charge is 2.15. The summed E-state index contributed by atoms with van der Waals surface area (Å²) < 4.78 is 0. The van der Waals surface area contributed by atoms with Crippen molar-refractivity contribution in [3.8, 4) is 0 Å². The first-order valence-electron chi connectivity index (χ1n) is 3.79. The third-order valence-electron chi connectivity index (χ3n) is 2.03. The largest absolute Gasteiger partial charge is 0.323 e. The maximum atomic E-state index is 10.8. The fourth-order valence-corrected chi connectivity index (χ4v) is 1.44. The van der Waals surface area contributed by atoms with Gasteiger partial charge < -0.3 is 15.3 Å². The van der Waals surface area contributed by atoms with Crippen LogP contribution in [0.15, 0.2) is 4.79 Å². The Balaban J connectivity index is 2.41. The molecule has 0 aromatic carbocycles. The standard InChI is InChI=1S/C7H11N3O/c1-4-2-5-6(3-8-4)10-7(11)9-5/h4,8H,2-3H2,1H3,(H2,9,10,11). The number of hydrogen-bond acceptors (Lipinski definition) is 2. The van der Waals surface area contributed by atoms with Crippen LogP contribution in [0.3, 0.4) is 0 Å². The number of hydrogen-bond donors (Lipinski definition) is 3. The normalized spacial score (nSPS) is 23.2. The van der Waals surface area contributed by atoms with Crippen molar-refractivity contribution in [1.29, 1.82) is 0 Å². The van der Waals surface area contributed by atoms with Gasteiger partial charge in [0.15, 0.2) is 0 Å². The zero-order chi connectivity index (χ0) is 7.84. The molecular weight excluding hydrogens is 142 g/mol. The van der Waals surface area contributed by atoms with Crippen LogP contribution in [0, 0.1) is 0 Å². The van der Waals surface area contributed by atoms with Gasteiger partial charge in [-0.2, -0.15) is 0 Å². The molecule has 1 aromatic rings. The lowest BCUT2D eigenvalue weighted by molar-refractivity contribution is 0.503. The summed E-state index contributed by atoms with van der Waals surface area (Å²) in [6.07, 6.45) is 0.911. The fraction of sp³-hybridized carbons (Fsp3) is 0.571. The van der Waals surface area contributed by atoms with E-state index in [1.54, 1.807) is 0 Å². The minimum atomic E-state index is -0.0918. The maximum absolute atomic E-state index is 10.8. The molecule has 2 heterocycles. The van der Waals surface area contributed by atoms with Crippen LogP contribution in [0.25, 0.3) is 0 Å². The topological polar surface area (TPSA) is 60.7 Å². The van der Waals surface area contributed by atoms with E-state index in [-0.39, 0.29) is 5.69 Å². The molecule has 0 spiro atoms. The number of imidazole rings is 1. The van der Waals surface area contributed by atoms with Crippen molar-refractivity contribution in [2.45, 2.75) is 25.9 Å². The van der Waals surface area contributed by atoms with Gasteiger partial charge in [0.1, 0.15) is 0 Å².